The second kappa shape index (κ2) is 4.74. The SMILES string of the molecule is CO[C@@H]1CCC[C@]12CCCN(C(=O)C1(C)COC1)C2. The fourth-order valence-corrected chi connectivity index (χ4v) is 4.19. The average Bonchev–Trinajstić information content (AvgIpc) is 2.77. The van der Waals surface area contributed by atoms with Gasteiger partial charge in [-0.3, -0.25) is 4.79 Å². The number of likely N-dealkylation sites (tertiary alicyclic amines) is 1. The third kappa shape index (κ3) is 2.09. The van der Waals surface area contributed by atoms with Gasteiger partial charge in [0.2, 0.25) is 5.91 Å². The van der Waals surface area contributed by atoms with Gasteiger partial charge in [0.25, 0.3) is 0 Å². The van der Waals surface area contributed by atoms with E-state index in [-0.39, 0.29) is 10.8 Å². The topological polar surface area (TPSA) is 38.8 Å². The lowest BCUT2D eigenvalue weighted by atomic mass is 9.75. The molecule has 4 heteroatoms. The first-order valence-electron chi connectivity index (χ1n) is 7.50. The molecule has 1 amide bonds. The number of amides is 1. The van der Waals surface area contributed by atoms with Crippen molar-refractivity contribution in [1.82, 2.24) is 4.90 Å². The zero-order chi connectivity index (χ0) is 13.5. The molecule has 2 saturated heterocycles. The highest BCUT2D eigenvalue weighted by atomic mass is 16.5. The fraction of sp³-hybridized carbons (Fsp3) is 0.933. The van der Waals surface area contributed by atoms with Gasteiger partial charge in [0, 0.05) is 25.6 Å². The summed E-state index contributed by atoms with van der Waals surface area (Å²) < 4.78 is 10.9. The molecule has 1 aliphatic carbocycles. The molecule has 0 aromatic rings. The second-order valence-corrected chi connectivity index (χ2v) is 6.86. The zero-order valence-electron chi connectivity index (χ0n) is 12.1. The first kappa shape index (κ1) is 13.4. The van der Waals surface area contributed by atoms with E-state index in [0.717, 1.165) is 25.9 Å². The number of hydrogen-bond donors (Lipinski definition) is 0. The van der Waals surface area contributed by atoms with E-state index in [4.69, 9.17) is 9.47 Å². The van der Waals surface area contributed by atoms with Crippen LogP contribution in [0.3, 0.4) is 0 Å². The van der Waals surface area contributed by atoms with Crippen LogP contribution >= 0.6 is 0 Å². The smallest absolute Gasteiger partial charge is 0.233 e. The van der Waals surface area contributed by atoms with Crippen LogP contribution in [0.1, 0.15) is 39.0 Å². The van der Waals surface area contributed by atoms with Crippen LogP contribution in [0.25, 0.3) is 0 Å². The maximum absolute atomic E-state index is 12.6. The lowest BCUT2D eigenvalue weighted by Crippen LogP contribution is -2.58. The van der Waals surface area contributed by atoms with Gasteiger partial charge in [0.15, 0.2) is 0 Å². The normalized spacial score (nSPS) is 37.4. The highest BCUT2D eigenvalue weighted by Gasteiger charge is 2.50. The molecule has 1 saturated carbocycles. The third-order valence-electron chi connectivity index (χ3n) is 5.36. The first-order chi connectivity index (χ1) is 9.10. The summed E-state index contributed by atoms with van der Waals surface area (Å²) in [4.78, 5) is 14.7. The Morgan fingerprint density at radius 3 is 2.68 bits per heavy atom. The average molecular weight is 267 g/mol. The van der Waals surface area contributed by atoms with Crippen molar-refractivity contribution in [1.29, 1.82) is 0 Å². The van der Waals surface area contributed by atoms with E-state index in [1.165, 1.54) is 19.3 Å². The minimum atomic E-state index is -0.264. The maximum atomic E-state index is 12.6. The quantitative estimate of drug-likeness (QED) is 0.766. The van der Waals surface area contributed by atoms with Crippen LogP contribution in [0.4, 0.5) is 0 Å². The van der Waals surface area contributed by atoms with Crippen molar-refractivity contribution in [3.8, 4) is 0 Å². The summed E-state index contributed by atoms with van der Waals surface area (Å²) in [6, 6.07) is 0. The van der Waals surface area contributed by atoms with Gasteiger partial charge in [-0.15, -0.1) is 0 Å². The molecule has 0 aromatic heterocycles. The van der Waals surface area contributed by atoms with Crippen LogP contribution in [0.2, 0.25) is 0 Å². The number of carbonyl (C=O) groups is 1. The van der Waals surface area contributed by atoms with Gasteiger partial charge in [-0.25, -0.2) is 0 Å². The fourth-order valence-electron chi connectivity index (χ4n) is 4.19. The predicted octanol–water partition coefficient (Wildman–Crippen LogP) is 1.83. The highest BCUT2D eigenvalue weighted by Crippen LogP contribution is 2.47. The van der Waals surface area contributed by atoms with E-state index in [1.54, 1.807) is 0 Å². The summed E-state index contributed by atoms with van der Waals surface area (Å²) >= 11 is 0. The number of piperidine rings is 1. The Balaban J connectivity index is 1.73. The molecule has 0 aromatic carbocycles. The maximum Gasteiger partial charge on any atom is 0.233 e. The second-order valence-electron chi connectivity index (χ2n) is 6.86. The lowest BCUT2D eigenvalue weighted by molar-refractivity contribution is -0.173. The van der Waals surface area contributed by atoms with Crippen molar-refractivity contribution in [2.45, 2.75) is 45.1 Å². The molecule has 4 nitrogen and oxygen atoms in total. The summed E-state index contributed by atoms with van der Waals surface area (Å²) in [5.41, 5.74) is -0.0384. The monoisotopic (exact) mass is 267 g/mol. The molecular formula is C15H25NO3. The molecule has 0 N–H and O–H groups in total. The minimum Gasteiger partial charge on any atom is -0.381 e. The van der Waals surface area contributed by atoms with Crippen LogP contribution < -0.4 is 0 Å². The van der Waals surface area contributed by atoms with E-state index in [9.17, 15) is 4.79 Å². The van der Waals surface area contributed by atoms with Crippen LogP contribution in [0.15, 0.2) is 0 Å². The zero-order valence-corrected chi connectivity index (χ0v) is 12.1. The van der Waals surface area contributed by atoms with Crippen molar-refractivity contribution in [2.75, 3.05) is 33.4 Å². The van der Waals surface area contributed by atoms with E-state index < -0.39 is 0 Å². The van der Waals surface area contributed by atoms with E-state index in [0.29, 0.717) is 25.2 Å². The molecule has 1 spiro atoms. The van der Waals surface area contributed by atoms with Gasteiger partial charge in [0.1, 0.15) is 0 Å². The Morgan fingerprint density at radius 1 is 1.32 bits per heavy atom. The molecule has 2 heterocycles. The van der Waals surface area contributed by atoms with Crippen molar-refractivity contribution < 1.29 is 14.3 Å². The van der Waals surface area contributed by atoms with E-state index >= 15 is 0 Å². The minimum absolute atomic E-state index is 0.226. The van der Waals surface area contributed by atoms with Crippen LogP contribution in [-0.4, -0.2) is 50.3 Å². The van der Waals surface area contributed by atoms with Crippen molar-refractivity contribution in [3.05, 3.63) is 0 Å². The standard InChI is InChI=1S/C15H25NO3/c1-14(10-19-11-14)13(17)16-8-4-7-15(9-16)6-3-5-12(15)18-2/h12H,3-11H2,1-2H3/t12-,15-/m1/s1. The van der Waals surface area contributed by atoms with Gasteiger partial charge >= 0.3 is 0 Å². The lowest BCUT2D eigenvalue weighted by Gasteiger charge is -2.47. The van der Waals surface area contributed by atoms with Gasteiger partial charge in [-0.2, -0.15) is 0 Å². The molecule has 2 atom stereocenters. The number of nitrogens with zero attached hydrogens (tertiary/aromatic N) is 1. The first-order valence-corrected chi connectivity index (χ1v) is 7.50. The van der Waals surface area contributed by atoms with Crippen molar-refractivity contribution in [2.24, 2.45) is 10.8 Å². The molecule has 3 aliphatic rings. The van der Waals surface area contributed by atoms with Gasteiger partial charge < -0.3 is 14.4 Å². The number of methoxy groups -OCH3 is 1. The van der Waals surface area contributed by atoms with E-state index in [1.807, 2.05) is 14.0 Å². The Hall–Kier alpha value is -0.610. The summed E-state index contributed by atoms with van der Waals surface area (Å²) in [5.74, 6) is 0.291. The Labute approximate surface area is 115 Å². The van der Waals surface area contributed by atoms with Crippen molar-refractivity contribution in [3.63, 3.8) is 0 Å². The summed E-state index contributed by atoms with van der Waals surface area (Å²) in [5, 5.41) is 0. The molecule has 0 radical (unpaired) electrons. The van der Waals surface area contributed by atoms with E-state index in [2.05, 4.69) is 4.90 Å². The van der Waals surface area contributed by atoms with Gasteiger partial charge in [0.05, 0.1) is 24.7 Å². The molecule has 3 fully saturated rings. The molecular weight excluding hydrogens is 242 g/mol. The van der Waals surface area contributed by atoms with Crippen LogP contribution in [0, 0.1) is 10.8 Å². The number of rotatable bonds is 2. The van der Waals surface area contributed by atoms with Crippen molar-refractivity contribution >= 4 is 5.91 Å². The van der Waals surface area contributed by atoms with Gasteiger partial charge in [-0.1, -0.05) is 6.42 Å². The molecule has 108 valence electrons. The summed E-state index contributed by atoms with van der Waals surface area (Å²) in [6.07, 6.45) is 6.27. The summed E-state index contributed by atoms with van der Waals surface area (Å²) in [7, 11) is 1.82. The Kier molecular flexibility index (Phi) is 3.34. The predicted molar refractivity (Wildman–Crippen MR) is 71.8 cm³/mol. The third-order valence-corrected chi connectivity index (χ3v) is 5.36. The summed E-state index contributed by atoms with van der Waals surface area (Å²) in [6.45, 7) is 5.00. The van der Waals surface area contributed by atoms with Crippen LogP contribution in [0.5, 0.6) is 0 Å². The molecule has 0 bridgehead atoms. The Bertz CT molecular complexity index is 366. The highest BCUT2D eigenvalue weighted by molar-refractivity contribution is 5.83. The molecule has 0 unspecified atom stereocenters. The molecule has 2 aliphatic heterocycles. The largest absolute Gasteiger partial charge is 0.381 e. The van der Waals surface area contributed by atoms with Crippen LogP contribution in [-0.2, 0) is 14.3 Å². The number of carbonyl (C=O) groups excluding carboxylic acids is 1. The number of hydrogen-bond acceptors (Lipinski definition) is 3. The Morgan fingerprint density at radius 2 is 2.05 bits per heavy atom. The van der Waals surface area contributed by atoms with Gasteiger partial charge in [-0.05, 0) is 32.6 Å². The molecule has 19 heavy (non-hydrogen) atoms. The molecule has 3 rings (SSSR count). The number of ether oxygens (including phenoxy) is 2.